The van der Waals surface area contributed by atoms with Gasteiger partial charge in [0.05, 0.1) is 18.4 Å². The van der Waals surface area contributed by atoms with Crippen molar-refractivity contribution >= 4 is 48.4 Å². The van der Waals surface area contributed by atoms with Gasteiger partial charge in [-0.25, -0.2) is 18.2 Å². The molecule has 1 heterocycles. The van der Waals surface area contributed by atoms with E-state index in [-0.39, 0.29) is 21.5 Å². The van der Waals surface area contributed by atoms with Crippen molar-refractivity contribution < 1.29 is 17.9 Å². The van der Waals surface area contributed by atoms with E-state index in [1.165, 1.54) is 30.6 Å². The molecule has 0 aliphatic rings. The van der Waals surface area contributed by atoms with Gasteiger partial charge in [0.15, 0.2) is 5.13 Å². The van der Waals surface area contributed by atoms with Crippen molar-refractivity contribution in [2.24, 2.45) is 0 Å². The summed E-state index contributed by atoms with van der Waals surface area (Å²) in [4.78, 5) is 15.9. The molecular formula is C14H15BrN2O4S2. The van der Waals surface area contributed by atoms with Gasteiger partial charge >= 0.3 is 5.97 Å². The number of halogens is 1. The van der Waals surface area contributed by atoms with E-state index in [2.05, 4.69) is 30.4 Å². The van der Waals surface area contributed by atoms with Crippen molar-refractivity contribution in [3.8, 4) is 0 Å². The van der Waals surface area contributed by atoms with Gasteiger partial charge in [-0.1, -0.05) is 29.8 Å². The van der Waals surface area contributed by atoms with Crippen LogP contribution in [0.4, 0.5) is 5.13 Å². The Morgan fingerprint density at radius 3 is 2.65 bits per heavy atom. The summed E-state index contributed by atoms with van der Waals surface area (Å²) in [6, 6.07) is 4.29. The van der Waals surface area contributed by atoms with Crippen LogP contribution in [0.2, 0.25) is 0 Å². The molecule has 0 radical (unpaired) electrons. The lowest BCUT2D eigenvalue weighted by molar-refractivity contribution is 0.0596. The Morgan fingerprint density at radius 1 is 1.39 bits per heavy atom. The van der Waals surface area contributed by atoms with E-state index in [4.69, 9.17) is 0 Å². The molecule has 0 spiro atoms. The Kier molecular flexibility index (Phi) is 5.43. The monoisotopic (exact) mass is 418 g/mol. The predicted octanol–water partition coefficient (Wildman–Crippen LogP) is 3.62. The van der Waals surface area contributed by atoms with Crippen LogP contribution in [0.5, 0.6) is 0 Å². The highest BCUT2D eigenvalue weighted by Gasteiger charge is 2.24. The first-order chi connectivity index (χ1) is 10.7. The van der Waals surface area contributed by atoms with Crippen LogP contribution >= 0.6 is 27.3 Å². The highest BCUT2D eigenvalue weighted by molar-refractivity contribution is 9.10. The van der Waals surface area contributed by atoms with Gasteiger partial charge in [-0.15, -0.1) is 11.3 Å². The maximum Gasteiger partial charge on any atom is 0.339 e. The Morgan fingerprint density at radius 2 is 2.09 bits per heavy atom. The molecule has 0 unspecified atom stereocenters. The van der Waals surface area contributed by atoms with Gasteiger partial charge in [0.25, 0.3) is 10.0 Å². The highest BCUT2D eigenvalue weighted by Crippen LogP contribution is 2.27. The zero-order chi connectivity index (χ0) is 17.2. The van der Waals surface area contributed by atoms with Gasteiger partial charge in [-0.2, -0.15) is 0 Å². The highest BCUT2D eigenvalue weighted by atomic mass is 79.9. The summed E-state index contributed by atoms with van der Waals surface area (Å²) in [7, 11) is -2.75. The number of carbonyl (C=O) groups is 1. The lowest BCUT2D eigenvalue weighted by Crippen LogP contribution is -2.17. The maximum absolute atomic E-state index is 12.6. The third-order valence-electron chi connectivity index (χ3n) is 2.97. The third-order valence-corrected chi connectivity index (χ3v) is 5.77. The fourth-order valence-corrected chi connectivity index (χ4v) is 4.44. The minimum Gasteiger partial charge on any atom is -0.465 e. The number of methoxy groups -OCH3 is 1. The topological polar surface area (TPSA) is 85.4 Å². The molecule has 0 atom stereocenters. The second-order valence-corrected chi connectivity index (χ2v) is 8.39. The predicted molar refractivity (Wildman–Crippen MR) is 92.5 cm³/mol. The first kappa shape index (κ1) is 17.9. The Bertz CT molecular complexity index is 831. The van der Waals surface area contributed by atoms with Crippen molar-refractivity contribution in [3.05, 3.63) is 39.3 Å². The van der Waals surface area contributed by atoms with E-state index >= 15 is 0 Å². The smallest absolute Gasteiger partial charge is 0.339 e. The molecule has 9 heteroatoms. The molecule has 6 nitrogen and oxygen atoms in total. The number of ether oxygens (including phenoxy) is 1. The number of nitrogens with one attached hydrogen (secondary N) is 1. The van der Waals surface area contributed by atoms with Crippen LogP contribution in [0, 0.1) is 0 Å². The SMILES string of the molecule is COC(=O)c1cc(Br)ccc1S(=O)(=O)Nc1nc(C(C)C)cs1. The molecule has 0 aliphatic carbocycles. The van der Waals surface area contributed by atoms with E-state index in [0.29, 0.717) is 4.47 Å². The quantitative estimate of drug-likeness (QED) is 0.749. The van der Waals surface area contributed by atoms with E-state index in [0.717, 1.165) is 5.69 Å². The lowest BCUT2D eigenvalue weighted by atomic mass is 10.2. The molecule has 1 N–H and O–H groups in total. The van der Waals surface area contributed by atoms with Crippen LogP contribution in [0.1, 0.15) is 35.8 Å². The van der Waals surface area contributed by atoms with Crippen molar-refractivity contribution in [2.45, 2.75) is 24.7 Å². The summed E-state index contributed by atoms with van der Waals surface area (Å²) in [5.41, 5.74) is 0.756. The van der Waals surface area contributed by atoms with Crippen LogP contribution in [-0.2, 0) is 14.8 Å². The van der Waals surface area contributed by atoms with Crippen molar-refractivity contribution in [3.63, 3.8) is 0 Å². The number of sulfonamides is 1. The normalized spacial score (nSPS) is 11.5. The summed E-state index contributed by atoms with van der Waals surface area (Å²) in [5, 5.41) is 2.05. The largest absolute Gasteiger partial charge is 0.465 e. The number of esters is 1. The summed E-state index contributed by atoms with van der Waals surface area (Å²) >= 11 is 4.41. The molecule has 1 aromatic carbocycles. The zero-order valence-electron chi connectivity index (χ0n) is 12.7. The fraction of sp³-hybridized carbons (Fsp3) is 0.286. The third kappa shape index (κ3) is 4.10. The Balaban J connectivity index is 2.41. The fourth-order valence-electron chi connectivity index (χ4n) is 1.77. The standard InChI is InChI=1S/C14H15BrN2O4S2/c1-8(2)11-7-22-14(16-11)17-23(19,20)12-5-4-9(15)6-10(12)13(18)21-3/h4-8H,1-3H3,(H,16,17). The van der Waals surface area contributed by atoms with Crippen LogP contribution in [0.15, 0.2) is 32.9 Å². The van der Waals surface area contributed by atoms with Crippen LogP contribution in [0.25, 0.3) is 0 Å². The van der Waals surface area contributed by atoms with E-state index in [1.807, 2.05) is 13.8 Å². The van der Waals surface area contributed by atoms with E-state index < -0.39 is 16.0 Å². The molecule has 0 amide bonds. The first-order valence-corrected chi connectivity index (χ1v) is 9.76. The summed E-state index contributed by atoms with van der Waals surface area (Å²) in [5.74, 6) is -0.531. The van der Waals surface area contributed by atoms with E-state index in [1.54, 1.807) is 11.4 Å². The van der Waals surface area contributed by atoms with Crippen LogP contribution in [-0.4, -0.2) is 26.5 Å². The minimum absolute atomic E-state index is 0.0463. The summed E-state index contributed by atoms with van der Waals surface area (Å²) < 4.78 is 32.8. The number of thiazole rings is 1. The second kappa shape index (κ2) is 6.98. The molecule has 0 aliphatic heterocycles. The van der Waals surface area contributed by atoms with Crippen molar-refractivity contribution in [1.29, 1.82) is 0 Å². The molecule has 1 aromatic heterocycles. The van der Waals surface area contributed by atoms with Gasteiger partial charge < -0.3 is 4.74 Å². The number of carbonyl (C=O) groups excluding carboxylic acids is 1. The number of anilines is 1. The average Bonchev–Trinajstić information content (AvgIpc) is 2.94. The average molecular weight is 419 g/mol. The number of rotatable bonds is 5. The molecule has 124 valence electrons. The molecule has 2 aromatic rings. The first-order valence-electron chi connectivity index (χ1n) is 6.60. The van der Waals surface area contributed by atoms with E-state index in [9.17, 15) is 13.2 Å². The van der Waals surface area contributed by atoms with Crippen molar-refractivity contribution in [2.75, 3.05) is 11.8 Å². The molecule has 0 fully saturated rings. The van der Waals surface area contributed by atoms with Gasteiger partial charge in [-0.3, -0.25) is 4.72 Å². The number of nitrogens with zero attached hydrogens (tertiary/aromatic N) is 1. The molecule has 0 saturated carbocycles. The van der Waals surface area contributed by atoms with Gasteiger partial charge in [0, 0.05) is 9.85 Å². The number of benzene rings is 1. The maximum atomic E-state index is 12.6. The lowest BCUT2D eigenvalue weighted by Gasteiger charge is -2.10. The van der Waals surface area contributed by atoms with Gasteiger partial charge in [-0.05, 0) is 24.1 Å². The number of hydrogen-bond acceptors (Lipinski definition) is 6. The second-order valence-electron chi connectivity index (χ2n) is 4.97. The van der Waals surface area contributed by atoms with Crippen LogP contribution < -0.4 is 4.72 Å². The summed E-state index contributed by atoms with van der Waals surface area (Å²) in [6.45, 7) is 3.94. The molecule has 23 heavy (non-hydrogen) atoms. The molecule has 0 bridgehead atoms. The zero-order valence-corrected chi connectivity index (χ0v) is 15.9. The van der Waals surface area contributed by atoms with Crippen LogP contribution in [0.3, 0.4) is 0 Å². The number of hydrogen-bond donors (Lipinski definition) is 1. The van der Waals surface area contributed by atoms with Crippen molar-refractivity contribution in [1.82, 2.24) is 4.98 Å². The van der Waals surface area contributed by atoms with Gasteiger partial charge in [0.1, 0.15) is 4.90 Å². The molecule has 0 saturated heterocycles. The Labute approximate surface area is 147 Å². The molecule has 2 rings (SSSR count). The molecular weight excluding hydrogens is 404 g/mol. The van der Waals surface area contributed by atoms with Gasteiger partial charge in [0.2, 0.25) is 0 Å². The number of aromatic nitrogens is 1. The summed E-state index contributed by atoms with van der Waals surface area (Å²) in [6.07, 6.45) is 0. The minimum atomic E-state index is -3.95. The Hall–Kier alpha value is -1.45.